The maximum atomic E-state index is 3.54. The van der Waals surface area contributed by atoms with Gasteiger partial charge in [0.25, 0.3) is 0 Å². The van der Waals surface area contributed by atoms with Crippen LogP contribution < -0.4 is 5.32 Å². The molecule has 0 aromatic rings. The minimum Gasteiger partial charge on any atom is -0.311 e. The number of nitrogens with one attached hydrogen (secondary N) is 1. The number of nitrogens with zero attached hydrogens (tertiary/aromatic N) is 2. The SMILES string of the molecule is CCNC(C)(C)CN1CCN(C)C(C)C1. The molecule has 1 saturated heterocycles. The van der Waals surface area contributed by atoms with Gasteiger partial charge in [-0.05, 0) is 34.4 Å². The lowest BCUT2D eigenvalue weighted by atomic mass is 10.0. The second-order valence-electron chi connectivity index (χ2n) is 5.48. The smallest absolute Gasteiger partial charge is 0.0252 e. The van der Waals surface area contributed by atoms with Gasteiger partial charge in [0.15, 0.2) is 0 Å². The number of rotatable bonds is 4. The first-order valence-corrected chi connectivity index (χ1v) is 6.12. The Morgan fingerprint density at radius 2 is 2.00 bits per heavy atom. The van der Waals surface area contributed by atoms with Crippen LogP contribution >= 0.6 is 0 Å². The molecule has 1 fully saturated rings. The predicted molar refractivity (Wildman–Crippen MR) is 66.3 cm³/mol. The molecule has 90 valence electrons. The molecule has 3 heteroatoms. The van der Waals surface area contributed by atoms with Crippen molar-refractivity contribution in [3.63, 3.8) is 0 Å². The van der Waals surface area contributed by atoms with Gasteiger partial charge in [-0.2, -0.15) is 0 Å². The normalized spacial score (nSPS) is 25.8. The van der Waals surface area contributed by atoms with E-state index in [0.29, 0.717) is 6.04 Å². The summed E-state index contributed by atoms with van der Waals surface area (Å²) in [5.41, 5.74) is 0.240. The summed E-state index contributed by atoms with van der Waals surface area (Å²) >= 11 is 0. The summed E-state index contributed by atoms with van der Waals surface area (Å²) in [6, 6.07) is 0.691. The van der Waals surface area contributed by atoms with Crippen LogP contribution in [0.25, 0.3) is 0 Å². The molecular weight excluding hydrogens is 186 g/mol. The molecule has 0 spiro atoms. The van der Waals surface area contributed by atoms with Gasteiger partial charge in [0, 0.05) is 37.8 Å². The highest BCUT2D eigenvalue weighted by Crippen LogP contribution is 2.11. The summed E-state index contributed by atoms with van der Waals surface area (Å²) in [6.07, 6.45) is 0. The van der Waals surface area contributed by atoms with E-state index in [1.807, 2.05) is 0 Å². The number of hydrogen-bond donors (Lipinski definition) is 1. The van der Waals surface area contributed by atoms with Crippen molar-refractivity contribution < 1.29 is 0 Å². The Kier molecular flexibility index (Phi) is 4.56. The van der Waals surface area contributed by atoms with Crippen LogP contribution in [0.2, 0.25) is 0 Å². The molecule has 1 aliphatic heterocycles. The molecule has 3 nitrogen and oxygen atoms in total. The van der Waals surface area contributed by atoms with Crippen molar-refractivity contribution in [2.75, 3.05) is 39.8 Å². The van der Waals surface area contributed by atoms with Crippen LogP contribution in [-0.4, -0.2) is 61.2 Å². The first-order valence-electron chi connectivity index (χ1n) is 6.12. The van der Waals surface area contributed by atoms with E-state index in [2.05, 4.69) is 49.9 Å². The molecule has 1 rings (SSSR count). The Bertz CT molecular complexity index is 191. The topological polar surface area (TPSA) is 18.5 Å². The summed E-state index contributed by atoms with van der Waals surface area (Å²) in [5, 5.41) is 3.54. The van der Waals surface area contributed by atoms with E-state index in [4.69, 9.17) is 0 Å². The van der Waals surface area contributed by atoms with E-state index >= 15 is 0 Å². The van der Waals surface area contributed by atoms with Gasteiger partial charge in [-0.3, -0.25) is 4.90 Å². The molecule has 0 aliphatic carbocycles. The molecule has 1 aliphatic rings. The second-order valence-corrected chi connectivity index (χ2v) is 5.48. The lowest BCUT2D eigenvalue weighted by molar-refractivity contribution is 0.0851. The minimum atomic E-state index is 0.240. The van der Waals surface area contributed by atoms with Crippen molar-refractivity contribution >= 4 is 0 Å². The third-order valence-electron chi connectivity index (χ3n) is 3.32. The average Bonchev–Trinajstić information content (AvgIpc) is 2.10. The van der Waals surface area contributed by atoms with Crippen molar-refractivity contribution in [2.45, 2.75) is 39.3 Å². The van der Waals surface area contributed by atoms with Crippen molar-refractivity contribution in [1.29, 1.82) is 0 Å². The van der Waals surface area contributed by atoms with Gasteiger partial charge >= 0.3 is 0 Å². The first kappa shape index (κ1) is 12.9. The first-order chi connectivity index (χ1) is 6.94. The summed E-state index contributed by atoms with van der Waals surface area (Å²) in [5.74, 6) is 0. The fraction of sp³-hybridized carbons (Fsp3) is 1.00. The van der Waals surface area contributed by atoms with E-state index in [0.717, 1.165) is 13.1 Å². The third kappa shape index (κ3) is 4.09. The number of piperazine rings is 1. The van der Waals surface area contributed by atoms with E-state index < -0.39 is 0 Å². The van der Waals surface area contributed by atoms with Crippen LogP contribution in [-0.2, 0) is 0 Å². The van der Waals surface area contributed by atoms with Crippen molar-refractivity contribution in [3.05, 3.63) is 0 Å². The molecule has 0 amide bonds. The molecule has 1 atom stereocenters. The molecule has 15 heavy (non-hydrogen) atoms. The highest BCUT2D eigenvalue weighted by atomic mass is 15.3. The zero-order chi connectivity index (χ0) is 11.5. The van der Waals surface area contributed by atoms with Gasteiger partial charge in [-0.25, -0.2) is 0 Å². The number of likely N-dealkylation sites (N-methyl/N-ethyl adjacent to an activating group) is 2. The van der Waals surface area contributed by atoms with E-state index in [1.54, 1.807) is 0 Å². The van der Waals surface area contributed by atoms with Crippen molar-refractivity contribution in [1.82, 2.24) is 15.1 Å². The fourth-order valence-electron chi connectivity index (χ4n) is 2.36. The number of hydrogen-bond acceptors (Lipinski definition) is 3. The molecular formula is C12H27N3. The maximum Gasteiger partial charge on any atom is 0.0252 e. The molecule has 0 radical (unpaired) electrons. The van der Waals surface area contributed by atoms with E-state index in [9.17, 15) is 0 Å². The zero-order valence-electron chi connectivity index (χ0n) is 11.0. The van der Waals surface area contributed by atoms with Gasteiger partial charge in [0.2, 0.25) is 0 Å². The Morgan fingerprint density at radius 1 is 1.33 bits per heavy atom. The molecule has 0 aromatic heterocycles. The fourth-order valence-corrected chi connectivity index (χ4v) is 2.36. The minimum absolute atomic E-state index is 0.240. The molecule has 0 aromatic carbocycles. The zero-order valence-corrected chi connectivity index (χ0v) is 11.0. The molecule has 1 N–H and O–H groups in total. The lowest BCUT2D eigenvalue weighted by Gasteiger charge is -2.41. The van der Waals surface area contributed by atoms with Crippen LogP contribution in [0, 0.1) is 0 Å². The Hall–Kier alpha value is -0.120. The molecule has 1 unspecified atom stereocenters. The van der Waals surface area contributed by atoms with Crippen LogP contribution in [0.4, 0.5) is 0 Å². The standard InChI is InChI=1S/C12H27N3/c1-6-13-12(3,4)10-15-8-7-14(5)11(2)9-15/h11,13H,6-10H2,1-5H3. The van der Waals surface area contributed by atoms with Gasteiger partial charge < -0.3 is 10.2 Å². The Balaban J connectivity index is 2.39. The van der Waals surface area contributed by atoms with Gasteiger partial charge in [-0.1, -0.05) is 6.92 Å². The maximum absolute atomic E-state index is 3.54. The van der Waals surface area contributed by atoms with E-state index in [1.165, 1.54) is 19.6 Å². The van der Waals surface area contributed by atoms with Gasteiger partial charge in [0.05, 0.1) is 0 Å². The second kappa shape index (κ2) is 5.28. The summed E-state index contributed by atoms with van der Waals surface area (Å²) in [7, 11) is 2.22. The highest BCUT2D eigenvalue weighted by molar-refractivity contribution is 4.85. The molecule has 0 saturated carbocycles. The van der Waals surface area contributed by atoms with Crippen molar-refractivity contribution in [2.24, 2.45) is 0 Å². The highest BCUT2D eigenvalue weighted by Gasteiger charge is 2.25. The predicted octanol–water partition coefficient (Wildman–Crippen LogP) is 1.01. The summed E-state index contributed by atoms with van der Waals surface area (Å²) < 4.78 is 0. The van der Waals surface area contributed by atoms with Gasteiger partial charge in [-0.15, -0.1) is 0 Å². The molecule has 1 heterocycles. The van der Waals surface area contributed by atoms with Crippen molar-refractivity contribution in [3.8, 4) is 0 Å². The van der Waals surface area contributed by atoms with E-state index in [-0.39, 0.29) is 5.54 Å². The van der Waals surface area contributed by atoms with Crippen LogP contribution in [0.5, 0.6) is 0 Å². The Morgan fingerprint density at radius 3 is 2.53 bits per heavy atom. The largest absolute Gasteiger partial charge is 0.311 e. The Labute approximate surface area is 94.8 Å². The van der Waals surface area contributed by atoms with Crippen LogP contribution in [0.3, 0.4) is 0 Å². The molecule has 0 bridgehead atoms. The summed E-state index contributed by atoms with van der Waals surface area (Å²) in [6.45, 7) is 14.9. The van der Waals surface area contributed by atoms with Crippen LogP contribution in [0.15, 0.2) is 0 Å². The van der Waals surface area contributed by atoms with Crippen LogP contribution in [0.1, 0.15) is 27.7 Å². The van der Waals surface area contributed by atoms with Gasteiger partial charge in [0.1, 0.15) is 0 Å². The monoisotopic (exact) mass is 213 g/mol. The quantitative estimate of drug-likeness (QED) is 0.752. The summed E-state index contributed by atoms with van der Waals surface area (Å²) in [4.78, 5) is 5.02. The lowest BCUT2D eigenvalue weighted by Crippen LogP contribution is -2.56. The third-order valence-corrected chi connectivity index (χ3v) is 3.32. The average molecular weight is 213 g/mol.